The van der Waals surface area contributed by atoms with Crippen LogP contribution >= 0.6 is 0 Å². The molecule has 2 heteroatoms. The van der Waals surface area contributed by atoms with Crippen LogP contribution in [-0.4, -0.2) is 20.1 Å². The van der Waals surface area contributed by atoms with Crippen molar-refractivity contribution in [2.75, 3.05) is 25.0 Å². The molecule has 0 bridgehead atoms. The number of fused-ring (bicyclic) bond motifs is 1. The lowest BCUT2D eigenvalue weighted by molar-refractivity contribution is 0.522. The maximum absolute atomic E-state index is 3.46. The molecule has 1 N–H and O–H groups in total. The molecule has 1 aromatic rings. The third kappa shape index (κ3) is 2.86. The Balaban J connectivity index is 2.27. The van der Waals surface area contributed by atoms with Crippen molar-refractivity contribution in [1.29, 1.82) is 0 Å². The molecule has 0 spiro atoms. The van der Waals surface area contributed by atoms with Gasteiger partial charge in [0.2, 0.25) is 0 Å². The van der Waals surface area contributed by atoms with Gasteiger partial charge in [-0.3, -0.25) is 0 Å². The van der Waals surface area contributed by atoms with Gasteiger partial charge in [0, 0.05) is 24.8 Å². The molecular formula is C16H26N2. The molecule has 0 saturated heterocycles. The zero-order valence-corrected chi connectivity index (χ0v) is 11.9. The van der Waals surface area contributed by atoms with E-state index in [9.17, 15) is 0 Å². The van der Waals surface area contributed by atoms with Crippen LogP contribution in [0.2, 0.25) is 0 Å². The van der Waals surface area contributed by atoms with Crippen molar-refractivity contribution in [3.8, 4) is 0 Å². The first kappa shape index (κ1) is 13.4. The van der Waals surface area contributed by atoms with Gasteiger partial charge >= 0.3 is 0 Å². The smallest absolute Gasteiger partial charge is 0.0414 e. The van der Waals surface area contributed by atoms with Crippen molar-refractivity contribution in [1.82, 2.24) is 5.32 Å². The van der Waals surface area contributed by atoms with Crippen molar-refractivity contribution in [3.63, 3.8) is 0 Å². The maximum atomic E-state index is 3.46. The van der Waals surface area contributed by atoms with E-state index in [0.29, 0.717) is 6.04 Å². The number of hydrogen-bond donors (Lipinski definition) is 1. The van der Waals surface area contributed by atoms with E-state index in [1.807, 2.05) is 0 Å². The summed E-state index contributed by atoms with van der Waals surface area (Å²) in [7, 11) is 2.08. The zero-order valence-electron chi connectivity index (χ0n) is 11.9. The summed E-state index contributed by atoms with van der Waals surface area (Å²) >= 11 is 0. The highest BCUT2D eigenvalue weighted by atomic mass is 15.1. The van der Waals surface area contributed by atoms with Crippen LogP contribution in [0.1, 0.15) is 44.7 Å². The Kier molecular flexibility index (Phi) is 4.65. The second kappa shape index (κ2) is 6.24. The molecule has 1 aromatic carbocycles. The van der Waals surface area contributed by atoms with Gasteiger partial charge in [0.15, 0.2) is 0 Å². The summed E-state index contributed by atoms with van der Waals surface area (Å²) in [6, 6.07) is 9.41. The van der Waals surface area contributed by atoms with Crippen molar-refractivity contribution >= 4 is 5.69 Å². The van der Waals surface area contributed by atoms with Gasteiger partial charge in [-0.1, -0.05) is 38.5 Å². The molecule has 2 unspecified atom stereocenters. The lowest BCUT2D eigenvalue weighted by Gasteiger charge is -2.28. The summed E-state index contributed by atoms with van der Waals surface area (Å²) in [6.45, 7) is 7.01. The lowest BCUT2D eigenvalue weighted by Crippen LogP contribution is -2.29. The molecule has 0 saturated carbocycles. The van der Waals surface area contributed by atoms with Gasteiger partial charge < -0.3 is 10.2 Å². The maximum Gasteiger partial charge on any atom is 0.0414 e. The van der Waals surface area contributed by atoms with Crippen LogP contribution < -0.4 is 10.2 Å². The van der Waals surface area contributed by atoms with Gasteiger partial charge in [0.25, 0.3) is 0 Å². The van der Waals surface area contributed by atoms with E-state index in [-0.39, 0.29) is 0 Å². The molecule has 2 atom stereocenters. The SMILES string of the molecule is CCC(C)CN1CCCC(NC)c2ccccc21. The predicted molar refractivity (Wildman–Crippen MR) is 79.1 cm³/mol. The highest BCUT2D eigenvalue weighted by Crippen LogP contribution is 2.33. The molecule has 1 heterocycles. The van der Waals surface area contributed by atoms with E-state index in [1.165, 1.54) is 43.6 Å². The van der Waals surface area contributed by atoms with E-state index in [0.717, 1.165) is 5.92 Å². The number of anilines is 1. The fraction of sp³-hybridized carbons (Fsp3) is 0.625. The Hall–Kier alpha value is -1.02. The van der Waals surface area contributed by atoms with E-state index >= 15 is 0 Å². The summed E-state index contributed by atoms with van der Waals surface area (Å²) < 4.78 is 0. The lowest BCUT2D eigenvalue weighted by atomic mass is 10.0. The minimum Gasteiger partial charge on any atom is -0.371 e. The van der Waals surface area contributed by atoms with E-state index in [2.05, 4.69) is 55.4 Å². The predicted octanol–water partition coefficient (Wildman–Crippen LogP) is 3.59. The fourth-order valence-corrected chi connectivity index (χ4v) is 2.83. The first-order chi connectivity index (χ1) is 8.76. The highest BCUT2D eigenvalue weighted by molar-refractivity contribution is 5.55. The van der Waals surface area contributed by atoms with Crippen LogP contribution in [0.15, 0.2) is 24.3 Å². The second-order valence-electron chi connectivity index (χ2n) is 5.50. The monoisotopic (exact) mass is 246 g/mol. The summed E-state index contributed by atoms with van der Waals surface area (Å²) in [5.74, 6) is 0.768. The molecule has 0 fully saturated rings. The second-order valence-corrected chi connectivity index (χ2v) is 5.50. The highest BCUT2D eigenvalue weighted by Gasteiger charge is 2.21. The number of hydrogen-bond acceptors (Lipinski definition) is 2. The summed E-state index contributed by atoms with van der Waals surface area (Å²) in [5.41, 5.74) is 2.91. The zero-order chi connectivity index (χ0) is 13.0. The minimum atomic E-state index is 0.517. The molecule has 0 amide bonds. The molecule has 100 valence electrons. The Morgan fingerprint density at radius 2 is 2.17 bits per heavy atom. The van der Waals surface area contributed by atoms with Crippen LogP contribution in [0.4, 0.5) is 5.69 Å². The van der Waals surface area contributed by atoms with E-state index < -0.39 is 0 Å². The van der Waals surface area contributed by atoms with Gasteiger partial charge in [0.1, 0.15) is 0 Å². The first-order valence-corrected chi connectivity index (χ1v) is 7.27. The van der Waals surface area contributed by atoms with Crippen LogP contribution in [0, 0.1) is 5.92 Å². The van der Waals surface area contributed by atoms with Crippen LogP contribution in [0.25, 0.3) is 0 Å². The fourth-order valence-electron chi connectivity index (χ4n) is 2.83. The number of rotatable bonds is 4. The van der Waals surface area contributed by atoms with E-state index in [1.54, 1.807) is 0 Å². The molecule has 0 radical (unpaired) electrons. The minimum absolute atomic E-state index is 0.517. The quantitative estimate of drug-likeness (QED) is 0.873. The molecule has 2 nitrogen and oxygen atoms in total. The average Bonchev–Trinajstić information content (AvgIpc) is 2.58. The van der Waals surface area contributed by atoms with Gasteiger partial charge in [-0.25, -0.2) is 0 Å². The van der Waals surface area contributed by atoms with Gasteiger partial charge in [0.05, 0.1) is 0 Å². The Morgan fingerprint density at radius 3 is 2.89 bits per heavy atom. The molecular weight excluding hydrogens is 220 g/mol. The summed E-state index contributed by atoms with van der Waals surface area (Å²) in [5, 5.41) is 3.46. The number of para-hydroxylation sites is 1. The number of benzene rings is 1. The molecule has 2 rings (SSSR count). The third-order valence-corrected chi connectivity index (χ3v) is 4.15. The van der Waals surface area contributed by atoms with E-state index in [4.69, 9.17) is 0 Å². The van der Waals surface area contributed by atoms with Crippen LogP contribution in [-0.2, 0) is 0 Å². The van der Waals surface area contributed by atoms with Crippen molar-refractivity contribution in [2.24, 2.45) is 5.92 Å². The molecule has 18 heavy (non-hydrogen) atoms. The van der Waals surface area contributed by atoms with Gasteiger partial charge in [-0.15, -0.1) is 0 Å². The standard InChI is InChI=1S/C16H26N2/c1-4-13(2)12-18-11-7-9-15(17-3)14-8-5-6-10-16(14)18/h5-6,8,10,13,15,17H,4,7,9,11-12H2,1-3H3. The normalized spacial score (nSPS) is 21.3. The summed E-state index contributed by atoms with van der Waals surface area (Å²) in [6.07, 6.45) is 3.77. The van der Waals surface area contributed by atoms with Crippen molar-refractivity contribution in [3.05, 3.63) is 29.8 Å². The Bertz CT molecular complexity index is 375. The molecule has 1 aliphatic rings. The molecule has 0 aliphatic carbocycles. The Labute approximate surface area is 111 Å². The van der Waals surface area contributed by atoms with Crippen molar-refractivity contribution in [2.45, 2.75) is 39.2 Å². The first-order valence-electron chi connectivity index (χ1n) is 7.27. The topological polar surface area (TPSA) is 15.3 Å². The largest absolute Gasteiger partial charge is 0.371 e. The number of nitrogens with zero attached hydrogens (tertiary/aromatic N) is 1. The van der Waals surface area contributed by atoms with Gasteiger partial charge in [-0.2, -0.15) is 0 Å². The van der Waals surface area contributed by atoms with Gasteiger partial charge in [-0.05, 0) is 37.4 Å². The molecule has 1 aliphatic heterocycles. The average molecular weight is 246 g/mol. The number of nitrogens with one attached hydrogen (secondary N) is 1. The van der Waals surface area contributed by atoms with Crippen molar-refractivity contribution < 1.29 is 0 Å². The summed E-state index contributed by atoms with van der Waals surface area (Å²) in [4.78, 5) is 2.58. The Morgan fingerprint density at radius 1 is 1.39 bits per heavy atom. The molecule has 0 aromatic heterocycles. The third-order valence-electron chi connectivity index (χ3n) is 4.15. The van der Waals surface area contributed by atoms with Crippen LogP contribution in [0.5, 0.6) is 0 Å². The van der Waals surface area contributed by atoms with Crippen LogP contribution in [0.3, 0.4) is 0 Å².